The Morgan fingerprint density at radius 3 is 2.63 bits per heavy atom. The summed E-state index contributed by atoms with van der Waals surface area (Å²) in [6.45, 7) is 2.26. The first kappa shape index (κ1) is 18.2. The molecule has 6 N–H and O–H groups in total. The molecular weight excluding hydrogens is 293 g/mol. The molecule has 1 fully saturated rings. The molecule has 1 aliphatic rings. The zero-order chi connectivity index (χ0) is 14.5. The van der Waals surface area contributed by atoms with Crippen LogP contribution in [0.15, 0.2) is 4.99 Å². The Morgan fingerprint density at radius 1 is 1.42 bits per heavy atom. The predicted molar refractivity (Wildman–Crippen MR) is 76.7 cm³/mol. The standard InChI is InChI=1S/C10H21N5O.Cl2O/c11-10(12)15-6-2-1-5-14-9(16)8-4-3-7-13-8;1-3-2/h8,13H,1-7H2,(H,14,16)(H4,11,12,15);/t8-;/m0./s1. The van der Waals surface area contributed by atoms with Gasteiger partial charge in [-0.05, 0) is 32.2 Å². The Hall–Kier alpha value is -0.760. The molecule has 1 rings (SSSR count). The molecular formula is C10H21Cl2N5O2. The van der Waals surface area contributed by atoms with Crippen LogP contribution < -0.4 is 22.1 Å². The first-order valence-corrected chi connectivity index (χ1v) is 6.69. The van der Waals surface area contributed by atoms with E-state index >= 15 is 0 Å². The highest BCUT2D eigenvalue weighted by Gasteiger charge is 2.20. The maximum Gasteiger partial charge on any atom is 0.237 e. The molecule has 1 atom stereocenters. The zero-order valence-corrected chi connectivity index (χ0v) is 12.2. The van der Waals surface area contributed by atoms with Gasteiger partial charge < -0.3 is 22.1 Å². The molecule has 1 saturated heterocycles. The number of guanidine groups is 1. The van der Waals surface area contributed by atoms with E-state index in [1.54, 1.807) is 0 Å². The summed E-state index contributed by atoms with van der Waals surface area (Å²) in [7, 11) is 0. The van der Waals surface area contributed by atoms with Crippen molar-refractivity contribution in [3.8, 4) is 0 Å². The molecule has 112 valence electrons. The highest BCUT2D eigenvalue weighted by atomic mass is 35.6. The molecule has 0 aromatic rings. The average molecular weight is 314 g/mol. The van der Waals surface area contributed by atoms with Crippen LogP contribution in [-0.2, 0) is 8.64 Å². The number of amides is 1. The maximum absolute atomic E-state index is 11.5. The summed E-state index contributed by atoms with van der Waals surface area (Å²) in [5, 5.41) is 6.06. The molecule has 0 saturated carbocycles. The Morgan fingerprint density at radius 2 is 2.11 bits per heavy atom. The third-order valence-electron chi connectivity index (χ3n) is 2.56. The lowest BCUT2D eigenvalue weighted by molar-refractivity contribution is -0.122. The number of nitrogens with two attached hydrogens (primary N) is 2. The number of hydrogen-bond donors (Lipinski definition) is 4. The largest absolute Gasteiger partial charge is 0.370 e. The average Bonchev–Trinajstić information content (AvgIpc) is 2.87. The van der Waals surface area contributed by atoms with E-state index < -0.39 is 0 Å². The van der Waals surface area contributed by atoms with E-state index in [0.717, 1.165) is 32.2 Å². The first-order valence-electron chi connectivity index (χ1n) is 6.07. The summed E-state index contributed by atoms with van der Waals surface area (Å²) in [5.74, 6) is 0.235. The van der Waals surface area contributed by atoms with Crippen molar-refractivity contribution < 1.29 is 8.64 Å². The lowest BCUT2D eigenvalue weighted by atomic mass is 10.2. The van der Waals surface area contributed by atoms with Crippen LogP contribution in [0.1, 0.15) is 25.7 Å². The van der Waals surface area contributed by atoms with Gasteiger partial charge in [0.2, 0.25) is 5.91 Å². The SMILES string of the molecule is ClOCl.NC(N)=NCCCCNC(=O)[C@@H]1CCCN1. The highest BCUT2D eigenvalue weighted by molar-refractivity contribution is 6.24. The van der Waals surface area contributed by atoms with E-state index in [-0.39, 0.29) is 17.9 Å². The molecule has 19 heavy (non-hydrogen) atoms. The minimum atomic E-state index is 0.0118. The molecule has 0 aromatic heterocycles. The third-order valence-corrected chi connectivity index (χ3v) is 2.56. The molecule has 1 heterocycles. The van der Waals surface area contributed by atoms with Crippen LogP contribution >= 0.6 is 23.7 Å². The zero-order valence-electron chi connectivity index (χ0n) is 10.7. The number of halogens is 2. The van der Waals surface area contributed by atoms with Gasteiger partial charge in [-0.3, -0.25) is 9.79 Å². The van der Waals surface area contributed by atoms with Crippen LogP contribution in [0.5, 0.6) is 0 Å². The van der Waals surface area contributed by atoms with Gasteiger partial charge in [0.15, 0.2) is 5.96 Å². The van der Waals surface area contributed by atoms with E-state index in [4.69, 9.17) is 11.5 Å². The van der Waals surface area contributed by atoms with Crippen molar-refractivity contribution in [2.75, 3.05) is 19.6 Å². The van der Waals surface area contributed by atoms with E-state index in [1.165, 1.54) is 0 Å². The van der Waals surface area contributed by atoms with Gasteiger partial charge in [0.25, 0.3) is 0 Å². The monoisotopic (exact) mass is 313 g/mol. The molecule has 1 aliphatic heterocycles. The second-order valence-corrected chi connectivity index (χ2v) is 4.48. The van der Waals surface area contributed by atoms with Gasteiger partial charge >= 0.3 is 0 Å². The van der Waals surface area contributed by atoms with Crippen molar-refractivity contribution in [3.05, 3.63) is 0 Å². The first-order chi connectivity index (χ1) is 9.11. The molecule has 0 radical (unpaired) electrons. The molecule has 0 bridgehead atoms. The van der Waals surface area contributed by atoms with Gasteiger partial charge in [-0.15, -0.1) is 0 Å². The fourth-order valence-electron chi connectivity index (χ4n) is 1.69. The smallest absolute Gasteiger partial charge is 0.237 e. The number of nitrogens with zero attached hydrogens (tertiary/aromatic N) is 1. The second kappa shape index (κ2) is 12.3. The van der Waals surface area contributed by atoms with Crippen LogP contribution in [0.3, 0.4) is 0 Å². The minimum absolute atomic E-state index is 0.0118. The number of nitrogens with one attached hydrogen (secondary N) is 2. The van der Waals surface area contributed by atoms with E-state index in [0.29, 0.717) is 13.1 Å². The lowest BCUT2D eigenvalue weighted by Crippen LogP contribution is -2.40. The Bertz CT molecular complexity index is 269. The van der Waals surface area contributed by atoms with Crippen molar-refractivity contribution >= 4 is 35.6 Å². The maximum atomic E-state index is 11.5. The molecule has 0 unspecified atom stereocenters. The van der Waals surface area contributed by atoms with Crippen molar-refractivity contribution in [1.82, 2.24) is 10.6 Å². The Balaban J connectivity index is 0.000000982. The Kier molecular flexibility index (Phi) is 11.8. The number of hydrogen-bond acceptors (Lipinski definition) is 4. The summed E-state index contributed by atoms with van der Waals surface area (Å²) in [5.41, 5.74) is 10.4. The van der Waals surface area contributed by atoms with Gasteiger partial charge in [-0.1, -0.05) is 0 Å². The van der Waals surface area contributed by atoms with Gasteiger partial charge in [0.1, 0.15) is 0 Å². The summed E-state index contributed by atoms with van der Waals surface area (Å²) >= 11 is 8.53. The fourth-order valence-corrected chi connectivity index (χ4v) is 1.69. The normalized spacial score (nSPS) is 17.3. The number of unbranched alkanes of at least 4 members (excludes halogenated alkanes) is 1. The van der Waals surface area contributed by atoms with Crippen molar-refractivity contribution in [2.24, 2.45) is 16.5 Å². The summed E-state index contributed by atoms with van der Waals surface area (Å²) < 4.78 is 3.19. The van der Waals surface area contributed by atoms with Crippen molar-refractivity contribution in [3.63, 3.8) is 0 Å². The van der Waals surface area contributed by atoms with Gasteiger partial charge in [0, 0.05) is 13.1 Å². The molecule has 0 aliphatic carbocycles. The van der Waals surface area contributed by atoms with Crippen molar-refractivity contribution in [2.45, 2.75) is 31.7 Å². The summed E-state index contributed by atoms with van der Waals surface area (Å²) in [6, 6.07) is 0.0118. The Labute approximate surface area is 123 Å². The molecule has 1 amide bonds. The second-order valence-electron chi connectivity index (χ2n) is 4.01. The van der Waals surface area contributed by atoms with Gasteiger partial charge in [0.05, 0.1) is 29.8 Å². The van der Waals surface area contributed by atoms with Gasteiger partial charge in [-0.2, -0.15) is 3.84 Å². The number of carbonyl (C=O) groups excluding carboxylic acids is 1. The van der Waals surface area contributed by atoms with Crippen molar-refractivity contribution in [1.29, 1.82) is 0 Å². The quantitative estimate of drug-likeness (QED) is 0.318. The minimum Gasteiger partial charge on any atom is -0.370 e. The third kappa shape index (κ3) is 10.8. The van der Waals surface area contributed by atoms with Crippen LogP contribution in [0, 0.1) is 0 Å². The van der Waals surface area contributed by atoms with Crippen LogP contribution in [0.25, 0.3) is 0 Å². The van der Waals surface area contributed by atoms with Crippen LogP contribution in [0.2, 0.25) is 0 Å². The fraction of sp³-hybridized carbons (Fsp3) is 0.800. The number of rotatable bonds is 6. The highest BCUT2D eigenvalue weighted by Crippen LogP contribution is 2.04. The predicted octanol–water partition coefficient (Wildman–Crippen LogP) is 0.219. The number of aliphatic imine (C=N–C) groups is 1. The molecule has 9 heteroatoms. The summed E-state index contributed by atoms with van der Waals surface area (Å²) in [6.07, 6.45) is 3.81. The van der Waals surface area contributed by atoms with E-state index in [1.807, 2.05) is 0 Å². The van der Waals surface area contributed by atoms with E-state index in [9.17, 15) is 4.79 Å². The molecule has 0 spiro atoms. The van der Waals surface area contributed by atoms with Crippen LogP contribution in [0.4, 0.5) is 0 Å². The molecule has 7 nitrogen and oxygen atoms in total. The number of carbonyl (C=O) groups is 1. The van der Waals surface area contributed by atoms with Crippen LogP contribution in [-0.4, -0.2) is 37.5 Å². The van der Waals surface area contributed by atoms with E-state index in [2.05, 4.69) is 43.2 Å². The molecule has 0 aromatic carbocycles. The topological polar surface area (TPSA) is 115 Å². The van der Waals surface area contributed by atoms with Gasteiger partial charge in [-0.25, -0.2) is 0 Å². The lowest BCUT2D eigenvalue weighted by Gasteiger charge is -2.10. The summed E-state index contributed by atoms with van der Waals surface area (Å²) in [4.78, 5) is 15.4.